The van der Waals surface area contributed by atoms with Crippen molar-refractivity contribution >= 4 is 0 Å². The van der Waals surface area contributed by atoms with Crippen LogP contribution in [0.2, 0.25) is 0 Å². The van der Waals surface area contributed by atoms with Crippen molar-refractivity contribution in [3.63, 3.8) is 0 Å². The fraction of sp³-hybridized carbons (Fsp3) is 0.625. The number of hydrogen-bond acceptors (Lipinski definition) is 3. The van der Waals surface area contributed by atoms with Crippen LogP contribution in [0.1, 0.15) is 32.8 Å². The van der Waals surface area contributed by atoms with Crippen LogP contribution >= 0.6 is 0 Å². The third kappa shape index (κ3) is 6.60. The van der Waals surface area contributed by atoms with E-state index in [2.05, 4.69) is 32.7 Å². The van der Waals surface area contributed by atoms with Gasteiger partial charge in [-0.25, -0.2) is 0 Å². The lowest BCUT2D eigenvalue weighted by Gasteiger charge is -2.26. The molecule has 3 nitrogen and oxygen atoms in total. The van der Waals surface area contributed by atoms with Crippen molar-refractivity contribution in [2.24, 2.45) is 11.1 Å². The minimum Gasteiger partial charge on any atom is -0.493 e. The van der Waals surface area contributed by atoms with Crippen molar-refractivity contribution in [1.29, 1.82) is 0 Å². The van der Waals surface area contributed by atoms with E-state index in [0.717, 1.165) is 37.4 Å². The Kier molecular flexibility index (Phi) is 6.32. The zero-order valence-corrected chi connectivity index (χ0v) is 12.8. The van der Waals surface area contributed by atoms with Crippen molar-refractivity contribution in [3.05, 3.63) is 29.8 Å². The molecule has 0 saturated carbocycles. The van der Waals surface area contributed by atoms with Crippen LogP contribution in [0.4, 0.5) is 0 Å². The van der Waals surface area contributed by atoms with Gasteiger partial charge in [0.15, 0.2) is 0 Å². The first-order valence-electron chi connectivity index (χ1n) is 7.02. The first-order chi connectivity index (χ1) is 8.92. The van der Waals surface area contributed by atoms with Crippen LogP contribution in [0, 0.1) is 5.41 Å². The van der Waals surface area contributed by atoms with Gasteiger partial charge < -0.3 is 15.4 Å². The van der Waals surface area contributed by atoms with Crippen LogP contribution in [0.15, 0.2) is 24.3 Å². The van der Waals surface area contributed by atoms with Crippen LogP contribution in [-0.2, 0) is 6.54 Å². The van der Waals surface area contributed by atoms with E-state index < -0.39 is 0 Å². The summed E-state index contributed by atoms with van der Waals surface area (Å²) in [6.07, 6.45) is 1.03. The fourth-order valence-electron chi connectivity index (χ4n) is 2.22. The van der Waals surface area contributed by atoms with Gasteiger partial charge in [0.1, 0.15) is 5.75 Å². The standard InChI is InChI=1S/C16H28N2O/c1-16(2,3)13-18(4)10-7-11-19-15-9-6-5-8-14(15)12-17/h5-6,8-9H,7,10-13,17H2,1-4H3. The van der Waals surface area contributed by atoms with Crippen molar-refractivity contribution in [3.8, 4) is 5.75 Å². The van der Waals surface area contributed by atoms with E-state index in [9.17, 15) is 0 Å². The van der Waals surface area contributed by atoms with Crippen molar-refractivity contribution < 1.29 is 4.74 Å². The molecule has 0 saturated heterocycles. The SMILES string of the molecule is CN(CCCOc1ccccc1CN)CC(C)(C)C. The third-order valence-corrected chi connectivity index (χ3v) is 2.88. The van der Waals surface area contributed by atoms with Gasteiger partial charge in [-0.3, -0.25) is 0 Å². The molecule has 0 aromatic heterocycles. The van der Waals surface area contributed by atoms with Crippen molar-refractivity contribution in [2.45, 2.75) is 33.7 Å². The molecule has 0 aliphatic carbocycles. The van der Waals surface area contributed by atoms with Crippen molar-refractivity contribution in [2.75, 3.05) is 26.7 Å². The summed E-state index contributed by atoms with van der Waals surface area (Å²) >= 11 is 0. The summed E-state index contributed by atoms with van der Waals surface area (Å²) in [5, 5.41) is 0. The number of rotatable bonds is 7. The maximum atomic E-state index is 5.80. The molecule has 0 fully saturated rings. The van der Waals surface area contributed by atoms with Gasteiger partial charge in [-0.15, -0.1) is 0 Å². The van der Waals surface area contributed by atoms with Crippen LogP contribution in [0.5, 0.6) is 5.75 Å². The molecule has 19 heavy (non-hydrogen) atoms. The van der Waals surface area contributed by atoms with Crippen LogP contribution < -0.4 is 10.5 Å². The second-order valence-electron chi connectivity index (χ2n) is 6.31. The Hall–Kier alpha value is -1.06. The molecule has 1 rings (SSSR count). The van der Waals surface area contributed by atoms with Gasteiger partial charge in [-0.1, -0.05) is 39.0 Å². The molecule has 0 bridgehead atoms. The van der Waals surface area contributed by atoms with Crippen molar-refractivity contribution in [1.82, 2.24) is 4.90 Å². The van der Waals surface area contributed by atoms with Crippen LogP contribution in [0.3, 0.4) is 0 Å². The van der Waals surface area contributed by atoms with E-state index in [-0.39, 0.29) is 0 Å². The van der Waals surface area contributed by atoms with E-state index in [1.165, 1.54) is 0 Å². The highest BCUT2D eigenvalue weighted by atomic mass is 16.5. The number of ether oxygens (including phenoxy) is 1. The van der Waals surface area contributed by atoms with E-state index >= 15 is 0 Å². The van der Waals surface area contributed by atoms with E-state index in [4.69, 9.17) is 10.5 Å². The van der Waals surface area contributed by atoms with E-state index in [1.54, 1.807) is 0 Å². The van der Waals surface area contributed by atoms with E-state index in [0.29, 0.717) is 12.0 Å². The second kappa shape index (κ2) is 7.51. The smallest absolute Gasteiger partial charge is 0.123 e. The van der Waals surface area contributed by atoms with Gasteiger partial charge in [-0.05, 0) is 24.9 Å². The number of hydrogen-bond donors (Lipinski definition) is 1. The Labute approximate surface area is 117 Å². The quantitative estimate of drug-likeness (QED) is 0.770. The lowest BCUT2D eigenvalue weighted by atomic mass is 9.96. The summed E-state index contributed by atoms with van der Waals surface area (Å²) in [7, 11) is 2.17. The first kappa shape index (κ1) is 16.0. The average molecular weight is 264 g/mol. The Balaban J connectivity index is 2.27. The van der Waals surface area contributed by atoms with Gasteiger partial charge in [0.25, 0.3) is 0 Å². The van der Waals surface area contributed by atoms with Crippen LogP contribution in [0.25, 0.3) is 0 Å². The zero-order valence-electron chi connectivity index (χ0n) is 12.8. The summed E-state index contributed by atoms with van der Waals surface area (Å²) in [6, 6.07) is 7.98. The zero-order chi connectivity index (χ0) is 14.3. The molecule has 1 aromatic rings. The first-order valence-corrected chi connectivity index (χ1v) is 7.02. The molecule has 0 unspecified atom stereocenters. The molecule has 0 amide bonds. The summed E-state index contributed by atoms with van der Waals surface area (Å²) < 4.78 is 5.80. The molecule has 0 aliphatic rings. The molecule has 108 valence electrons. The number of para-hydroxylation sites is 1. The molecule has 1 aromatic carbocycles. The molecule has 0 heterocycles. The highest BCUT2D eigenvalue weighted by Gasteiger charge is 2.12. The predicted molar refractivity (Wildman–Crippen MR) is 81.4 cm³/mol. The Morgan fingerprint density at radius 3 is 2.53 bits per heavy atom. The highest BCUT2D eigenvalue weighted by Crippen LogP contribution is 2.17. The van der Waals surface area contributed by atoms with Gasteiger partial charge in [0, 0.05) is 25.2 Å². The van der Waals surface area contributed by atoms with Gasteiger partial charge >= 0.3 is 0 Å². The topological polar surface area (TPSA) is 38.5 Å². The molecular formula is C16H28N2O. The minimum absolute atomic E-state index is 0.349. The minimum atomic E-state index is 0.349. The third-order valence-electron chi connectivity index (χ3n) is 2.88. The van der Waals surface area contributed by atoms with Gasteiger partial charge in [-0.2, -0.15) is 0 Å². The van der Waals surface area contributed by atoms with E-state index in [1.807, 2.05) is 24.3 Å². The normalized spacial score (nSPS) is 11.9. The maximum Gasteiger partial charge on any atom is 0.123 e. The maximum absolute atomic E-state index is 5.80. The molecule has 3 heteroatoms. The van der Waals surface area contributed by atoms with Gasteiger partial charge in [0.05, 0.1) is 6.61 Å². The lowest BCUT2D eigenvalue weighted by Crippen LogP contribution is -2.30. The summed E-state index contributed by atoms with van der Waals surface area (Å²) in [4.78, 5) is 2.36. The Bertz CT molecular complexity index is 371. The summed E-state index contributed by atoms with van der Waals surface area (Å²) in [6.45, 7) is 10.2. The Morgan fingerprint density at radius 1 is 1.21 bits per heavy atom. The molecule has 0 atom stereocenters. The van der Waals surface area contributed by atoms with Crippen LogP contribution in [-0.4, -0.2) is 31.6 Å². The number of benzene rings is 1. The van der Waals surface area contributed by atoms with Gasteiger partial charge in [0.2, 0.25) is 0 Å². The second-order valence-corrected chi connectivity index (χ2v) is 6.31. The molecule has 0 aliphatic heterocycles. The molecular weight excluding hydrogens is 236 g/mol. The highest BCUT2D eigenvalue weighted by molar-refractivity contribution is 5.32. The monoisotopic (exact) mass is 264 g/mol. The summed E-state index contributed by atoms with van der Waals surface area (Å²) in [5.41, 5.74) is 7.11. The summed E-state index contributed by atoms with van der Waals surface area (Å²) in [5.74, 6) is 0.920. The largest absolute Gasteiger partial charge is 0.493 e. The number of nitrogens with zero attached hydrogens (tertiary/aromatic N) is 1. The molecule has 0 radical (unpaired) electrons. The average Bonchev–Trinajstić information content (AvgIpc) is 2.33. The fourth-order valence-corrected chi connectivity index (χ4v) is 2.22. The number of nitrogens with two attached hydrogens (primary N) is 1. The lowest BCUT2D eigenvalue weighted by molar-refractivity contribution is 0.207. The molecule has 0 spiro atoms. The Morgan fingerprint density at radius 2 is 1.89 bits per heavy atom. The molecule has 2 N–H and O–H groups in total. The predicted octanol–water partition coefficient (Wildman–Crippen LogP) is 2.89.